The quantitative estimate of drug-likeness (QED) is 0.524. The average molecular weight is 409 g/mol. The average Bonchev–Trinajstić information content (AvgIpc) is 2.67. The maximum atomic E-state index is 13.2. The largest absolute Gasteiger partial charge is 0.611 e. The van der Waals surface area contributed by atoms with Crippen molar-refractivity contribution in [1.82, 2.24) is 10.2 Å². The van der Waals surface area contributed by atoms with Crippen molar-refractivity contribution in [2.45, 2.75) is 49.7 Å². The maximum absolute atomic E-state index is 13.2. The molecule has 1 N–H and O–H groups in total. The van der Waals surface area contributed by atoms with Crippen LogP contribution in [0.4, 0.5) is 4.79 Å². The second kappa shape index (κ2) is 9.67. The van der Waals surface area contributed by atoms with E-state index in [-0.39, 0.29) is 11.9 Å². The van der Waals surface area contributed by atoms with Crippen LogP contribution in [0.5, 0.6) is 0 Å². The lowest BCUT2D eigenvalue weighted by Crippen LogP contribution is -2.49. The minimum atomic E-state index is -1.21. The Labute approximate surface area is 170 Å². The van der Waals surface area contributed by atoms with E-state index in [2.05, 4.69) is 11.9 Å². The highest BCUT2D eigenvalue weighted by atomic mass is 35.5. The Morgan fingerprint density at radius 3 is 2.59 bits per heavy atom. The molecule has 0 spiro atoms. The molecule has 27 heavy (non-hydrogen) atoms. The van der Waals surface area contributed by atoms with Gasteiger partial charge in [0.2, 0.25) is 0 Å². The van der Waals surface area contributed by atoms with Crippen LogP contribution < -0.4 is 5.32 Å². The van der Waals surface area contributed by atoms with Crippen molar-refractivity contribution in [3.63, 3.8) is 0 Å². The molecule has 1 fully saturated rings. The lowest BCUT2D eigenvalue weighted by Gasteiger charge is -2.40. The van der Waals surface area contributed by atoms with Gasteiger partial charge in [0.1, 0.15) is 4.75 Å². The zero-order valence-corrected chi connectivity index (χ0v) is 17.9. The second-order valence-corrected chi connectivity index (χ2v) is 9.70. The number of nitrogens with one attached hydrogen (secondary N) is 1. The number of benzene rings is 1. The summed E-state index contributed by atoms with van der Waals surface area (Å²) in [5.41, 5.74) is 0.741. The van der Waals surface area contributed by atoms with Crippen LogP contribution >= 0.6 is 11.6 Å². The monoisotopic (exact) mass is 408 g/mol. The first-order valence-corrected chi connectivity index (χ1v) is 10.9. The van der Waals surface area contributed by atoms with Crippen molar-refractivity contribution in [2.24, 2.45) is 5.92 Å². The number of amides is 2. The van der Waals surface area contributed by atoms with Crippen molar-refractivity contribution < 1.29 is 9.35 Å². The highest BCUT2D eigenvalue weighted by Gasteiger charge is 2.44. The standard InChI is InChI=1S/C21H29ClN2O2S/c1-5-9-17(6-2)23-20(25)24-14-12-16(13-15-24)21(3,4)27(26)19-11-8-7-10-18(19)22/h6-11,16H,2,5,12-15H2,1,3-4H3,(H,23,25)/b17-9+. The Morgan fingerprint density at radius 1 is 1.41 bits per heavy atom. The van der Waals surface area contributed by atoms with Crippen LogP contribution in [0.1, 0.15) is 40.0 Å². The number of hydrogen-bond donors (Lipinski definition) is 1. The summed E-state index contributed by atoms with van der Waals surface area (Å²) in [4.78, 5) is 14.9. The predicted molar refractivity (Wildman–Crippen MR) is 113 cm³/mol. The Kier molecular flexibility index (Phi) is 7.83. The third kappa shape index (κ3) is 5.31. The molecule has 1 aliphatic rings. The summed E-state index contributed by atoms with van der Waals surface area (Å²) in [6.45, 7) is 11.1. The fraction of sp³-hybridized carbons (Fsp3) is 0.476. The summed E-state index contributed by atoms with van der Waals surface area (Å²) in [5, 5.41) is 3.44. The zero-order chi connectivity index (χ0) is 20.0. The molecule has 0 aliphatic carbocycles. The zero-order valence-electron chi connectivity index (χ0n) is 16.3. The molecule has 2 rings (SSSR count). The van der Waals surface area contributed by atoms with E-state index in [1.54, 1.807) is 12.1 Å². The van der Waals surface area contributed by atoms with Gasteiger partial charge in [-0.1, -0.05) is 43.3 Å². The first kappa shape index (κ1) is 21.9. The topological polar surface area (TPSA) is 55.4 Å². The molecule has 6 heteroatoms. The second-order valence-electron chi connectivity index (χ2n) is 7.27. The summed E-state index contributed by atoms with van der Waals surface area (Å²) in [6, 6.07) is 7.22. The highest BCUT2D eigenvalue weighted by molar-refractivity contribution is 7.93. The molecule has 0 aromatic heterocycles. The predicted octanol–water partition coefficient (Wildman–Crippen LogP) is 5.13. The van der Waals surface area contributed by atoms with Crippen LogP contribution in [-0.2, 0) is 11.2 Å². The van der Waals surface area contributed by atoms with Crippen LogP contribution in [-0.4, -0.2) is 33.3 Å². The van der Waals surface area contributed by atoms with E-state index in [1.807, 2.05) is 49.9 Å². The van der Waals surface area contributed by atoms with Crippen molar-refractivity contribution in [3.8, 4) is 0 Å². The lowest BCUT2D eigenvalue weighted by molar-refractivity contribution is 0.163. The van der Waals surface area contributed by atoms with Crippen molar-refractivity contribution >= 4 is 28.8 Å². The summed E-state index contributed by atoms with van der Waals surface area (Å²) >= 11 is 5.04. The summed E-state index contributed by atoms with van der Waals surface area (Å²) in [5.74, 6) is 0.253. The number of likely N-dealkylation sites (tertiary alicyclic amines) is 1. The normalized spacial score (nSPS) is 17.5. The first-order chi connectivity index (χ1) is 12.8. The van der Waals surface area contributed by atoms with E-state index >= 15 is 0 Å². The van der Waals surface area contributed by atoms with E-state index in [4.69, 9.17) is 11.6 Å². The number of piperidine rings is 1. The molecule has 1 atom stereocenters. The fourth-order valence-electron chi connectivity index (χ4n) is 3.42. The van der Waals surface area contributed by atoms with Crippen molar-refractivity contribution in [2.75, 3.05) is 13.1 Å². The first-order valence-electron chi connectivity index (χ1n) is 9.36. The number of carbonyl (C=O) groups excluding carboxylic acids is 1. The minimum absolute atomic E-state index is 0.0990. The molecule has 1 aromatic rings. The number of carbonyl (C=O) groups is 1. The molecule has 0 saturated carbocycles. The molecule has 0 radical (unpaired) electrons. The number of hydrogen-bond acceptors (Lipinski definition) is 2. The number of rotatable bonds is 6. The molecule has 4 nitrogen and oxygen atoms in total. The van der Waals surface area contributed by atoms with Gasteiger partial charge >= 0.3 is 6.03 Å². The summed E-state index contributed by atoms with van der Waals surface area (Å²) in [7, 11) is 0. The molecule has 1 saturated heterocycles. The van der Waals surface area contributed by atoms with Gasteiger partial charge in [0.25, 0.3) is 0 Å². The molecule has 1 heterocycles. The maximum Gasteiger partial charge on any atom is 0.321 e. The Balaban J connectivity index is 1.99. The van der Waals surface area contributed by atoms with E-state index < -0.39 is 15.9 Å². The summed E-state index contributed by atoms with van der Waals surface area (Å²) in [6.07, 6.45) is 6.07. The van der Waals surface area contributed by atoms with E-state index in [9.17, 15) is 9.35 Å². The Morgan fingerprint density at radius 2 is 2.04 bits per heavy atom. The number of nitrogens with zero attached hydrogens (tertiary/aromatic N) is 1. The number of urea groups is 1. The van der Waals surface area contributed by atoms with Crippen molar-refractivity contribution in [1.29, 1.82) is 0 Å². The highest BCUT2D eigenvalue weighted by Crippen LogP contribution is 2.39. The van der Waals surface area contributed by atoms with Gasteiger partial charge in [-0.3, -0.25) is 0 Å². The van der Waals surface area contributed by atoms with Gasteiger partial charge in [0.05, 0.1) is 5.02 Å². The van der Waals surface area contributed by atoms with Gasteiger partial charge in [-0.2, -0.15) is 0 Å². The molecule has 2 amide bonds. The SMILES string of the molecule is C=C/C(=C\CC)NC(=O)N1CCC(C(C)(C)[S+]([O-])c2ccccc2Cl)CC1. The fourth-order valence-corrected chi connectivity index (χ4v) is 5.31. The third-order valence-corrected chi connectivity index (χ3v) is 7.66. The molecular formula is C21H29ClN2O2S. The lowest BCUT2D eigenvalue weighted by atomic mass is 9.86. The van der Waals surface area contributed by atoms with Gasteiger partial charge in [-0.15, -0.1) is 0 Å². The third-order valence-electron chi connectivity index (χ3n) is 5.17. The minimum Gasteiger partial charge on any atom is -0.611 e. The number of halogens is 1. The van der Waals surface area contributed by atoms with E-state index in [1.165, 1.54) is 0 Å². The van der Waals surface area contributed by atoms with E-state index in [0.717, 1.165) is 25.0 Å². The Bertz CT molecular complexity index is 697. The molecule has 148 valence electrons. The smallest absolute Gasteiger partial charge is 0.321 e. The van der Waals surface area contributed by atoms with E-state index in [0.29, 0.717) is 23.0 Å². The van der Waals surface area contributed by atoms with Crippen LogP contribution in [0.2, 0.25) is 5.02 Å². The van der Waals surface area contributed by atoms with Crippen LogP contribution in [0.3, 0.4) is 0 Å². The molecule has 1 aromatic carbocycles. The van der Waals surface area contributed by atoms with Gasteiger partial charge in [0, 0.05) is 24.7 Å². The molecular weight excluding hydrogens is 380 g/mol. The molecule has 1 unspecified atom stereocenters. The van der Waals surface area contributed by atoms with Crippen LogP contribution in [0, 0.1) is 5.92 Å². The summed E-state index contributed by atoms with van der Waals surface area (Å²) < 4.78 is 12.8. The Hall–Kier alpha value is -1.43. The number of allylic oxidation sites excluding steroid dienone is 2. The van der Waals surface area contributed by atoms with Crippen LogP contribution in [0.25, 0.3) is 0 Å². The van der Waals surface area contributed by atoms with Crippen molar-refractivity contribution in [3.05, 3.63) is 53.7 Å². The van der Waals surface area contributed by atoms with Gasteiger partial charge in [0.15, 0.2) is 4.90 Å². The van der Waals surface area contributed by atoms with Gasteiger partial charge in [-0.25, -0.2) is 4.79 Å². The van der Waals surface area contributed by atoms with Crippen LogP contribution in [0.15, 0.2) is 53.6 Å². The molecule has 1 aliphatic heterocycles. The van der Waals surface area contributed by atoms with Gasteiger partial charge < -0.3 is 14.8 Å². The van der Waals surface area contributed by atoms with Gasteiger partial charge in [-0.05, 0) is 62.5 Å². The molecule has 0 bridgehead atoms.